The molecule has 0 fully saturated rings. The molecule has 0 bridgehead atoms. The number of rotatable bonds is 15. The van der Waals surface area contributed by atoms with Gasteiger partial charge in [0.1, 0.15) is 17.1 Å². The standard InChI is InChI=1S/C29H35NO6/c1-34-26-14-10-24(11-15-26)29(23-8-4-3-5-9-23,25-12-16-27(35-2)17-13-25)36-21-7-19-30(18-6-20-31)22-28(32)33/h3-5,8-17,31H,6-7,18-22H2,1-2H3,(H,32,33). The Labute approximate surface area is 212 Å². The van der Waals surface area contributed by atoms with E-state index in [1.807, 2.05) is 83.8 Å². The van der Waals surface area contributed by atoms with E-state index in [9.17, 15) is 9.90 Å². The highest BCUT2D eigenvalue weighted by atomic mass is 16.5. The maximum atomic E-state index is 11.3. The van der Waals surface area contributed by atoms with Crippen LogP contribution in [-0.4, -0.2) is 68.1 Å². The molecule has 192 valence electrons. The average Bonchev–Trinajstić information content (AvgIpc) is 2.92. The summed E-state index contributed by atoms with van der Waals surface area (Å²) in [5.74, 6) is 0.622. The van der Waals surface area contributed by atoms with Crippen LogP contribution in [0.15, 0.2) is 78.9 Å². The topological polar surface area (TPSA) is 88.5 Å². The number of hydrogen-bond donors (Lipinski definition) is 2. The van der Waals surface area contributed by atoms with Crippen molar-refractivity contribution < 1.29 is 29.2 Å². The van der Waals surface area contributed by atoms with Crippen LogP contribution in [0.4, 0.5) is 0 Å². The highest BCUT2D eigenvalue weighted by Crippen LogP contribution is 2.41. The molecule has 2 N–H and O–H groups in total. The van der Waals surface area contributed by atoms with Crippen LogP contribution in [0.5, 0.6) is 11.5 Å². The molecule has 3 rings (SSSR count). The quantitative estimate of drug-likeness (QED) is 0.243. The van der Waals surface area contributed by atoms with Gasteiger partial charge < -0.3 is 24.4 Å². The van der Waals surface area contributed by atoms with E-state index >= 15 is 0 Å². The minimum atomic E-state index is -0.900. The van der Waals surface area contributed by atoms with Crippen LogP contribution in [-0.2, 0) is 15.1 Å². The summed E-state index contributed by atoms with van der Waals surface area (Å²) in [5, 5.41) is 18.4. The molecule has 7 nitrogen and oxygen atoms in total. The summed E-state index contributed by atoms with van der Waals surface area (Å²) < 4.78 is 17.6. The monoisotopic (exact) mass is 493 g/mol. The van der Waals surface area contributed by atoms with Crippen molar-refractivity contribution in [2.45, 2.75) is 18.4 Å². The molecule has 3 aromatic carbocycles. The van der Waals surface area contributed by atoms with Crippen LogP contribution in [0, 0.1) is 0 Å². The van der Waals surface area contributed by atoms with E-state index in [-0.39, 0.29) is 13.2 Å². The zero-order valence-corrected chi connectivity index (χ0v) is 20.9. The number of aliphatic hydroxyl groups is 1. The van der Waals surface area contributed by atoms with Crippen LogP contribution >= 0.6 is 0 Å². The molecule has 0 aliphatic rings. The van der Waals surface area contributed by atoms with Gasteiger partial charge in [-0.15, -0.1) is 0 Å². The maximum absolute atomic E-state index is 11.3. The molecule has 0 atom stereocenters. The van der Waals surface area contributed by atoms with Gasteiger partial charge in [0.25, 0.3) is 0 Å². The van der Waals surface area contributed by atoms with Gasteiger partial charge in [0, 0.05) is 26.3 Å². The summed E-state index contributed by atoms with van der Waals surface area (Å²) in [4.78, 5) is 13.1. The van der Waals surface area contributed by atoms with Crippen LogP contribution < -0.4 is 9.47 Å². The minimum Gasteiger partial charge on any atom is -0.497 e. The number of carboxylic acids is 1. The molecule has 3 aromatic rings. The van der Waals surface area contributed by atoms with Gasteiger partial charge in [-0.1, -0.05) is 54.6 Å². The fraction of sp³-hybridized carbons (Fsp3) is 0.345. The smallest absolute Gasteiger partial charge is 0.317 e. The molecule has 0 aromatic heterocycles. The molecule has 7 heteroatoms. The molecular formula is C29H35NO6. The van der Waals surface area contributed by atoms with Crippen molar-refractivity contribution in [2.75, 3.05) is 47.1 Å². The lowest BCUT2D eigenvalue weighted by atomic mass is 9.80. The Balaban J connectivity index is 1.96. The fourth-order valence-electron chi connectivity index (χ4n) is 4.34. The molecule has 0 saturated heterocycles. The summed E-state index contributed by atoms with van der Waals surface area (Å²) in [6, 6.07) is 25.8. The van der Waals surface area contributed by atoms with Gasteiger partial charge in [-0.25, -0.2) is 0 Å². The first kappa shape index (κ1) is 27.2. The van der Waals surface area contributed by atoms with Gasteiger partial charge in [0.2, 0.25) is 0 Å². The first-order valence-electron chi connectivity index (χ1n) is 12.1. The van der Waals surface area contributed by atoms with Gasteiger partial charge in [-0.05, 0) is 53.8 Å². The van der Waals surface area contributed by atoms with Crippen molar-refractivity contribution in [3.05, 3.63) is 95.6 Å². The molecule has 0 amide bonds. The molecule has 0 aliphatic carbocycles. The SMILES string of the molecule is COc1ccc(C(OCCCN(CCCO)CC(=O)O)(c2ccccc2)c2ccc(OC)cc2)cc1. The highest BCUT2D eigenvalue weighted by molar-refractivity contribution is 5.69. The number of carbonyl (C=O) groups is 1. The van der Waals surface area contributed by atoms with Crippen LogP contribution in [0.3, 0.4) is 0 Å². The van der Waals surface area contributed by atoms with Crippen molar-refractivity contribution >= 4 is 5.97 Å². The number of hydrogen-bond acceptors (Lipinski definition) is 6. The summed E-state index contributed by atoms with van der Waals surface area (Å²) in [7, 11) is 3.28. The van der Waals surface area contributed by atoms with E-state index in [2.05, 4.69) is 0 Å². The molecule has 0 spiro atoms. The molecule has 0 aliphatic heterocycles. The summed E-state index contributed by atoms with van der Waals surface area (Å²) >= 11 is 0. The second-order valence-corrected chi connectivity index (χ2v) is 8.45. The largest absolute Gasteiger partial charge is 0.497 e. The van der Waals surface area contributed by atoms with E-state index in [0.717, 1.165) is 28.2 Å². The average molecular weight is 494 g/mol. The lowest BCUT2D eigenvalue weighted by molar-refractivity contribution is -0.138. The zero-order valence-electron chi connectivity index (χ0n) is 20.9. The number of nitrogens with zero attached hydrogens (tertiary/aromatic N) is 1. The van der Waals surface area contributed by atoms with Crippen LogP contribution in [0.25, 0.3) is 0 Å². The van der Waals surface area contributed by atoms with Crippen molar-refractivity contribution in [3.63, 3.8) is 0 Å². The van der Waals surface area contributed by atoms with Crippen molar-refractivity contribution in [1.29, 1.82) is 0 Å². The first-order chi connectivity index (χ1) is 17.5. The number of ether oxygens (including phenoxy) is 3. The third-order valence-electron chi connectivity index (χ3n) is 6.10. The minimum absolute atomic E-state index is 0.0265. The normalized spacial score (nSPS) is 11.4. The Kier molecular flexibility index (Phi) is 10.3. The predicted molar refractivity (Wildman–Crippen MR) is 139 cm³/mol. The third-order valence-corrected chi connectivity index (χ3v) is 6.10. The number of carboxylic acid groups (broad SMARTS) is 1. The Bertz CT molecular complexity index is 1010. The van der Waals surface area contributed by atoms with E-state index in [0.29, 0.717) is 32.5 Å². The number of aliphatic carboxylic acids is 1. The molecule has 0 unspecified atom stereocenters. The predicted octanol–water partition coefficient (Wildman–Crippen LogP) is 4.17. The van der Waals surface area contributed by atoms with Gasteiger partial charge in [0.05, 0.1) is 20.8 Å². The Morgan fingerprint density at radius 1 is 0.778 bits per heavy atom. The summed E-state index contributed by atoms with van der Waals surface area (Å²) in [6.45, 7) is 1.41. The Morgan fingerprint density at radius 3 is 1.75 bits per heavy atom. The first-order valence-corrected chi connectivity index (χ1v) is 12.1. The Morgan fingerprint density at radius 2 is 1.28 bits per heavy atom. The van der Waals surface area contributed by atoms with Gasteiger partial charge >= 0.3 is 5.97 Å². The van der Waals surface area contributed by atoms with Crippen molar-refractivity contribution in [1.82, 2.24) is 4.90 Å². The number of benzene rings is 3. The van der Waals surface area contributed by atoms with Gasteiger partial charge in [-0.3, -0.25) is 9.69 Å². The second kappa shape index (κ2) is 13.6. The Hall–Kier alpha value is -3.39. The molecule has 36 heavy (non-hydrogen) atoms. The van der Waals surface area contributed by atoms with E-state index in [4.69, 9.17) is 19.3 Å². The van der Waals surface area contributed by atoms with E-state index in [1.165, 1.54) is 0 Å². The number of methoxy groups -OCH3 is 2. The van der Waals surface area contributed by atoms with Crippen molar-refractivity contribution in [3.8, 4) is 11.5 Å². The zero-order chi connectivity index (χ0) is 25.8. The van der Waals surface area contributed by atoms with E-state index < -0.39 is 11.6 Å². The third kappa shape index (κ3) is 6.85. The van der Waals surface area contributed by atoms with Crippen LogP contribution in [0.2, 0.25) is 0 Å². The second-order valence-electron chi connectivity index (χ2n) is 8.45. The maximum Gasteiger partial charge on any atom is 0.317 e. The van der Waals surface area contributed by atoms with E-state index in [1.54, 1.807) is 14.2 Å². The lowest BCUT2D eigenvalue weighted by Gasteiger charge is -2.36. The molecular weight excluding hydrogens is 458 g/mol. The summed E-state index contributed by atoms with van der Waals surface area (Å²) in [6.07, 6.45) is 1.15. The van der Waals surface area contributed by atoms with Crippen molar-refractivity contribution in [2.24, 2.45) is 0 Å². The summed E-state index contributed by atoms with van der Waals surface area (Å²) in [5.41, 5.74) is 1.97. The molecule has 0 heterocycles. The van der Waals surface area contributed by atoms with Gasteiger partial charge in [-0.2, -0.15) is 0 Å². The lowest BCUT2D eigenvalue weighted by Crippen LogP contribution is -2.35. The van der Waals surface area contributed by atoms with Gasteiger partial charge in [0.15, 0.2) is 0 Å². The molecule has 0 radical (unpaired) electrons. The van der Waals surface area contributed by atoms with Crippen LogP contribution in [0.1, 0.15) is 29.5 Å². The highest BCUT2D eigenvalue weighted by Gasteiger charge is 2.37. The fourth-order valence-corrected chi connectivity index (χ4v) is 4.34. The number of aliphatic hydroxyl groups excluding tert-OH is 1. The molecule has 0 saturated carbocycles.